The molecule has 0 bridgehead atoms. The monoisotopic (exact) mass is 1210 g/mol. The Bertz CT molecular complexity index is 3420. The van der Waals surface area contributed by atoms with Crippen molar-refractivity contribution in [3.8, 4) is 0 Å². The van der Waals surface area contributed by atoms with Crippen LogP contribution in [0.5, 0.6) is 0 Å². The number of anilines is 1. The van der Waals surface area contributed by atoms with Gasteiger partial charge in [0, 0.05) is 43.9 Å². The first-order valence-electron chi connectivity index (χ1n) is 27.2. The maximum Gasteiger partial charge on any atom is 0.411 e. The van der Waals surface area contributed by atoms with Crippen LogP contribution in [-0.2, 0) is 54.8 Å². The molecule has 0 aliphatic carbocycles. The zero-order valence-electron chi connectivity index (χ0n) is 47.3. The Hall–Kier alpha value is -9.56. The molecule has 3 aliphatic rings. The largest absolute Gasteiger partial charge is 0.451 e. The minimum Gasteiger partial charge on any atom is -0.451 e. The Kier molecular flexibility index (Phi) is 19.5. The Balaban J connectivity index is 0.929. The number of esters is 2. The van der Waals surface area contributed by atoms with Gasteiger partial charge in [0.2, 0.25) is 11.1 Å². The number of urea groups is 1. The van der Waals surface area contributed by atoms with Crippen LogP contribution in [0.25, 0.3) is 0 Å². The molecular formula is C60H61N11O13S2. The maximum atomic E-state index is 14.7. The van der Waals surface area contributed by atoms with Crippen molar-refractivity contribution in [3.05, 3.63) is 185 Å². The second-order valence-electron chi connectivity index (χ2n) is 20.7. The number of tetrazole rings is 1. The van der Waals surface area contributed by atoms with E-state index >= 15 is 0 Å². The van der Waals surface area contributed by atoms with Gasteiger partial charge >= 0.3 is 42.0 Å². The number of thioether (sulfide) groups is 2. The molecule has 4 N–H and O–H groups in total. The average molecular weight is 1210 g/mol. The summed E-state index contributed by atoms with van der Waals surface area (Å²) >= 11 is 2.53. The van der Waals surface area contributed by atoms with E-state index in [4.69, 9.17) is 18.9 Å². The van der Waals surface area contributed by atoms with Gasteiger partial charge in [-0.3, -0.25) is 34.3 Å². The van der Waals surface area contributed by atoms with Crippen molar-refractivity contribution in [2.24, 2.45) is 7.05 Å². The summed E-state index contributed by atoms with van der Waals surface area (Å²) in [7, 11) is 1.67. The van der Waals surface area contributed by atoms with Crippen molar-refractivity contribution in [1.29, 1.82) is 0 Å². The van der Waals surface area contributed by atoms with Crippen molar-refractivity contribution >= 4 is 83.0 Å². The fraction of sp³-hybridized carbons (Fsp3) is 0.300. The maximum absolute atomic E-state index is 14.7. The molecule has 4 atom stereocenters. The number of imide groups is 1. The molecule has 4 heterocycles. The third-order valence-electron chi connectivity index (χ3n) is 13.7. The van der Waals surface area contributed by atoms with Crippen LogP contribution in [0.1, 0.15) is 73.8 Å². The molecule has 24 nitrogen and oxygen atoms in total. The van der Waals surface area contributed by atoms with Crippen LogP contribution in [0.4, 0.5) is 20.1 Å². The number of aryl methyl sites for hydroxylation is 1. The fourth-order valence-corrected chi connectivity index (χ4v) is 11.7. The number of carbonyl (C=O) groups excluding carboxylic acids is 9. The van der Waals surface area contributed by atoms with Crippen molar-refractivity contribution < 1.29 is 62.1 Å². The normalized spacial score (nSPS) is 16.5. The minimum absolute atomic E-state index is 0.0147. The molecule has 1 unspecified atom stereocenters. The summed E-state index contributed by atoms with van der Waals surface area (Å²) in [4.78, 5) is 128. The van der Waals surface area contributed by atoms with Crippen LogP contribution in [-0.4, -0.2) is 149 Å². The van der Waals surface area contributed by atoms with Crippen molar-refractivity contribution in [1.82, 2.24) is 50.9 Å². The van der Waals surface area contributed by atoms with Gasteiger partial charge in [-0.15, -0.1) is 16.9 Å². The number of benzene rings is 5. The third kappa shape index (κ3) is 14.7. The first-order valence-corrected chi connectivity index (χ1v) is 29.3. The summed E-state index contributed by atoms with van der Waals surface area (Å²) < 4.78 is 24.6. The topological polar surface area (TPSA) is 292 Å². The van der Waals surface area contributed by atoms with E-state index in [0.29, 0.717) is 37.9 Å². The lowest BCUT2D eigenvalue weighted by molar-refractivity contribution is -0.155. The molecule has 6 aromatic rings. The Morgan fingerprint density at radius 3 is 1.81 bits per heavy atom. The number of alkyl carbamates (subject to hydrolysis) is 1. The average Bonchev–Trinajstić information content (AvgIpc) is 0.814. The minimum atomic E-state index is -1.63. The smallest absolute Gasteiger partial charge is 0.411 e. The van der Waals surface area contributed by atoms with Crippen LogP contribution in [0.15, 0.2) is 162 Å². The quantitative estimate of drug-likeness (QED) is 0.0217. The van der Waals surface area contributed by atoms with E-state index in [1.165, 1.54) is 62.3 Å². The van der Waals surface area contributed by atoms with Gasteiger partial charge < -0.3 is 39.8 Å². The van der Waals surface area contributed by atoms with E-state index in [9.17, 15) is 43.2 Å². The van der Waals surface area contributed by atoms with E-state index in [1.54, 1.807) is 83.3 Å². The number of fused-ring (bicyclic) bond motifs is 1. The van der Waals surface area contributed by atoms with E-state index in [1.807, 2.05) is 72.8 Å². The number of β-lactam (4-membered cyclic amide) rings is 1. The number of nitrogens with one attached hydrogen (secondary N) is 4. The number of hydrogen-bond acceptors (Lipinski definition) is 18. The molecule has 1 aromatic heterocycles. The molecule has 26 heteroatoms. The molecule has 3 aliphatic heterocycles. The molecule has 8 amide bonds. The molecular weight excluding hydrogens is 1150 g/mol. The van der Waals surface area contributed by atoms with E-state index in [0.717, 1.165) is 0 Å². The standard InChI is InChI=1S/C60H61N11O13S2/c1-6-69-31-32-70(52(75)51(69)74)56(78)64-44(36-27-29-42(30-28-36)61-58(79)81-33-43(62-59(80)84-60(2,3)4)54(76)82-47(37-19-11-7-12-20-37)38-21-13-8-14-22-38)49(72)63-45-50(73)71-46(41(34-85-53(45)71)35-86-57-65-66-67-68(57)5)55(77)83-48(39-23-15-9-16-24-39)40-25-17-10-18-26-40/h7-30,43-45,47-48,53H,6,31-35H2,1-5H3,(H,61,79)(H,62,80)(H,63,72)(H,64,78)/t43?,44-,45+,53+/m0/s1. The summed E-state index contributed by atoms with van der Waals surface area (Å²) in [6.45, 7) is 5.96. The zero-order valence-corrected chi connectivity index (χ0v) is 49.0. The highest BCUT2D eigenvalue weighted by Gasteiger charge is 2.55. The van der Waals surface area contributed by atoms with E-state index in [2.05, 4.69) is 36.8 Å². The highest BCUT2D eigenvalue weighted by atomic mass is 32.2. The summed E-state index contributed by atoms with van der Waals surface area (Å²) in [5.74, 6) is -4.92. The molecule has 0 saturated carbocycles. The van der Waals surface area contributed by atoms with Gasteiger partial charge in [0.1, 0.15) is 35.4 Å². The SMILES string of the molecule is CCN1CCN(C(=O)N[C@H](C(=O)N[C@@H]2C(=O)N3C(C(=O)OC(c4ccccc4)c4ccccc4)=C(CSc4nnnn4C)CS[C@H]23)c2ccc(NC(=O)OCC(NC(=O)OC(C)(C)C)C(=O)OC(c3ccccc3)c3ccccc3)cc2)C(=O)C1=O. The van der Waals surface area contributed by atoms with Crippen molar-refractivity contribution in [2.45, 2.75) is 74.2 Å². The van der Waals surface area contributed by atoms with Crippen molar-refractivity contribution in [2.75, 3.05) is 43.1 Å². The number of nitrogens with zero attached hydrogens (tertiary/aromatic N) is 7. The first kappa shape index (κ1) is 61.0. The second kappa shape index (κ2) is 27.4. The van der Waals surface area contributed by atoms with Gasteiger partial charge in [-0.25, -0.2) is 28.7 Å². The molecule has 2 saturated heterocycles. The lowest BCUT2D eigenvalue weighted by Crippen LogP contribution is -2.71. The highest BCUT2D eigenvalue weighted by Crippen LogP contribution is 2.43. The van der Waals surface area contributed by atoms with Gasteiger partial charge in [-0.1, -0.05) is 145 Å². The van der Waals surface area contributed by atoms with Gasteiger partial charge in [0.15, 0.2) is 18.2 Å². The van der Waals surface area contributed by atoms with Crippen LogP contribution in [0, 0.1) is 0 Å². The molecule has 9 rings (SSSR count). The molecule has 2 fully saturated rings. The van der Waals surface area contributed by atoms with Crippen molar-refractivity contribution in [3.63, 3.8) is 0 Å². The van der Waals surface area contributed by atoms with Crippen LogP contribution in [0.2, 0.25) is 0 Å². The summed E-state index contributed by atoms with van der Waals surface area (Å²) in [6, 6.07) is 36.1. The number of carbonyl (C=O) groups is 9. The summed E-state index contributed by atoms with van der Waals surface area (Å²) in [5.41, 5.74) is 2.41. The summed E-state index contributed by atoms with van der Waals surface area (Å²) in [5, 5.41) is 21.6. The predicted octanol–water partition coefficient (Wildman–Crippen LogP) is 6.21. The number of likely N-dealkylation sites (N-methyl/N-ethyl adjacent to an activating group) is 1. The fourth-order valence-electron chi connectivity index (χ4n) is 9.41. The molecule has 446 valence electrons. The molecule has 86 heavy (non-hydrogen) atoms. The second-order valence-corrected chi connectivity index (χ2v) is 22.8. The van der Waals surface area contributed by atoms with Gasteiger partial charge in [-0.05, 0) is 83.6 Å². The van der Waals surface area contributed by atoms with Gasteiger partial charge in [0.25, 0.3) is 5.91 Å². The molecule has 0 radical (unpaired) electrons. The lowest BCUT2D eigenvalue weighted by atomic mass is 10.00. The Morgan fingerprint density at radius 1 is 0.709 bits per heavy atom. The van der Waals surface area contributed by atoms with Crippen LogP contribution < -0.4 is 21.3 Å². The molecule has 5 aromatic carbocycles. The molecule has 0 spiro atoms. The Morgan fingerprint density at radius 2 is 1.28 bits per heavy atom. The number of piperazine rings is 1. The highest BCUT2D eigenvalue weighted by molar-refractivity contribution is 8.01. The first-order chi connectivity index (χ1) is 41.4. The predicted molar refractivity (Wildman–Crippen MR) is 313 cm³/mol. The number of aromatic nitrogens is 4. The third-order valence-corrected chi connectivity index (χ3v) is 16.1. The van der Waals surface area contributed by atoms with Crippen LogP contribution in [0.3, 0.4) is 0 Å². The van der Waals surface area contributed by atoms with Gasteiger partial charge in [0.05, 0.1) is 0 Å². The number of amides is 8. The lowest BCUT2D eigenvalue weighted by Gasteiger charge is -2.50. The van der Waals surface area contributed by atoms with Crippen LogP contribution >= 0.6 is 23.5 Å². The number of ether oxygens (including phenoxy) is 4. The zero-order chi connectivity index (χ0) is 61.1. The van der Waals surface area contributed by atoms with E-state index in [-0.39, 0.29) is 48.1 Å². The van der Waals surface area contributed by atoms with Gasteiger partial charge in [-0.2, -0.15) is 0 Å². The Labute approximate surface area is 502 Å². The van der Waals surface area contributed by atoms with E-state index < -0.39 is 102 Å². The summed E-state index contributed by atoms with van der Waals surface area (Å²) in [6.07, 6.45) is -3.82. The number of rotatable bonds is 20. The number of hydrogen-bond donors (Lipinski definition) is 4.